The first kappa shape index (κ1) is 22.8. The Labute approximate surface area is 171 Å². The van der Waals surface area contributed by atoms with Crippen LogP contribution in [0.1, 0.15) is 65.7 Å². The monoisotopic (exact) mass is 395 g/mol. The number of unbranched alkanes of at least 4 members (excludes halogenated alkanes) is 1. The summed E-state index contributed by atoms with van der Waals surface area (Å²) in [4.78, 5) is 21.2. The molecule has 2 aliphatic heterocycles. The molecule has 0 aliphatic carbocycles. The van der Waals surface area contributed by atoms with Gasteiger partial charge < -0.3 is 20.3 Å². The van der Waals surface area contributed by atoms with E-state index in [2.05, 4.69) is 29.4 Å². The predicted octanol–water partition coefficient (Wildman–Crippen LogP) is 2.82. The van der Waals surface area contributed by atoms with E-state index in [1.807, 2.05) is 6.92 Å². The summed E-state index contributed by atoms with van der Waals surface area (Å²) < 4.78 is 5.11. The molecule has 0 bridgehead atoms. The van der Waals surface area contributed by atoms with Crippen LogP contribution in [0, 0.1) is 0 Å². The highest BCUT2D eigenvalue weighted by atomic mass is 16.6. The van der Waals surface area contributed by atoms with Gasteiger partial charge in [-0.1, -0.05) is 19.8 Å². The van der Waals surface area contributed by atoms with E-state index in [-0.39, 0.29) is 6.09 Å². The smallest absolute Gasteiger partial charge is 0.409 e. The summed E-state index contributed by atoms with van der Waals surface area (Å²) in [6.07, 6.45) is 8.08. The number of nitrogens with one attached hydrogen (secondary N) is 2. The quantitative estimate of drug-likeness (QED) is 0.489. The zero-order chi connectivity index (χ0) is 20.2. The minimum Gasteiger partial charge on any atom is -0.450 e. The molecule has 28 heavy (non-hydrogen) atoms. The average molecular weight is 396 g/mol. The van der Waals surface area contributed by atoms with Crippen LogP contribution in [-0.2, 0) is 4.74 Å². The van der Waals surface area contributed by atoms with Crippen molar-refractivity contribution in [2.45, 2.75) is 77.8 Å². The molecular formula is C21H41N5O2. The van der Waals surface area contributed by atoms with Gasteiger partial charge >= 0.3 is 6.09 Å². The number of carbonyl (C=O) groups is 1. The van der Waals surface area contributed by atoms with Gasteiger partial charge in [0.15, 0.2) is 5.96 Å². The van der Waals surface area contributed by atoms with Crippen LogP contribution in [0.25, 0.3) is 0 Å². The molecule has 1 amide bonds. The van der Waals surface area contributed by atoms with E-state index in [1.54, 1.807) is 4.90 Å². The summed E-state index contributed by atoms with van der Waals surface area (Å²) in [5.41, 5.74) is 0. The van der Waals surface area contributed by atoms with Crippen molar-refractivity contribution in [1.82, 2.24) is 20.4 Å². The Morgan fingerprint density at radius 2 is 1.89 bits per heavy atom. The predicted molar refractivity (Wildman–Crippen MR) is 115 cm³/mol. The minimum absolute atomic E-state index is 0.189. The number of rotatable bonds is 8. The number of nitrogens with zero attached hydrogens (tertiary/aromatic N) is 3. The van der Waals surface area contributed by atoms with Crippen LogP contribution in [0.15, 0.2) is 4.99 Å². The van der Waals surface area contributed by atoms with Crippen molar-refractivity contribution in [2.24, 2.45) is 4.99 Å². The lowest BCUT2D eigenvalue weighted by molar-refractivity contribution is 0.0963. The molecule has 0 aromatic rings. The molecular weight excluding hydrogens is 354 g/mol. The molecule has 7 heteroatoms. The van der Waals surface area contributed by atoms with Crippen LogP contribution in [0.2, 0.25) is 0 Å². The van der Waals surface area contributed by atoms with E-state index >= 15 is 0 Å². The Balaban J connectivity index is 1.84. The number of hydrogen-bond donors (Lipinski definition) is 2. The second-order valence-corrected chi connectivity index (χ2v) is 7.86. The van der Waals surface area contributed by atoms with Gasteiger partial charge in [-0.3, -0.25) is 9.89 Å². The van der Waals surface area contributed by atoms with Gasteiger partial charge in [0.2, 0.25) is 0 Å². The fraction of sp³-hybridized carbons (Fsp3) is 0.905. The van der Waals surface area contributed by atoms with Gasteiger partial charge in [-0.25, -0.2) is 4.79 Å². The van der Waals surface area contributed by atoms with Crippen LogP contribution in [-0.4, -0.2) is 79.8 Å². The summed E-state index contributed by atoms with van der Waals surface area (Å²) >= 11 is 0. The van der Waals surface area contributed by atoms with Gasteiger partial charge in [-0.15, -0.1) is 0 Å². The molecule has 2 N–H and O–H groups in total. The van der Waals surface area contributed by atoms with E-state index in [9.17, 15) is 4.79 Å². The standard InChI is InChI=1S/C21H41N5O2/c1-4-7-13-25-14-9-8-10-19(25)17-23-20(22-5-2)24-18-11-15-26(16-12-18)21(27)28-6-3/h18-19H,4-17H2,1-3H3,(H2,22,23,24). The lowest BCUT2D eigenvalue weighted by Crippen LogP contribution is -2.50. The van der Waals surface area contributed by atoms with Crippen molar-refractivity contribution in [3.05, 3.63) is 0 Å². The minimum atomic E-state index is -0.189. The molecule has 0 aromatic heterocycles. The first-order valence-corrected chi connectivity index (χ1v) is 11.4. The van der Waals surface area contributed by atoms with Crippen LogP contribution < -0.4 is 10.6 Å². The molecule has 7 nitrogen and oxygen atoms in total. The number of amides is 1. The van der Waals surface area contributed by atoms with Crippen LogP contribution in [0.3, 0.4) is 0 Å². The van der Waals surface area contributed by atoms with Crippen molar-refractivity contribution in [3.8, 4) is 0 Å². The molecule has 2 saturated heterocycles. The van der Waals surface area contributed by atoms with E-state index in [4.69, 9.17) is 9.73 Å². The van der Waals surface area contributed by atoms with Gasteiger partial charge in [0.05, 0.1) is 13.2 Å². The molecule has 2 aliphatic rings. The third kappa shape index (κ3) is 7.49. The summed E-state index contributed by atoms with van der Waals surface area (Å²) in [6, 6.07) is 0.924. The maximum absolute atomic E-state index is 11.9. The highest BCUT2D eigenvalue weighted by Gasteiger charge is 2.25. The number of hydrogen-bond acceptors (Lipinski definition) is 4. The maximum Gasteiger partial charge on any atom is 0.409 e. The van der Waals surface area contributed by atoms with Crippen molar-refractivity contribution in [2.75, 3.05) is 45.9 Å². The molecule has 2 fully saturated rings. The molecule has 0 aromatic carbocycles. The number of carbonyl (C=O) groups excluding carboxylic acids is 1. The third-order valence-corrected chi connectivity index (χ3v) is 5.71. The van der Waals surface area contributed by atoms with Crippen molar-refractivity contribution < 1.29 is 9.53 Å². The van der Waals surface area contributed by atoms with E-state index in [0.29, 0.717) is 18.7 Å². The maximum atomic E-state index is 11.9. The molecule has 2 rings (SSSR count). The topological polar surface area (TPSA) is 69.2 Å². The normalized spacial score (nSPS) is 22.2. The Bertz CT molecular complexity index is 477. The highest BCUT2D eigenvalue weighted by Crippen LogP contribution is 2.18. The molecule has 1 unspecified atom stereocenters. The molecule has 1 atom stereocenters. The zero-order valence-electron chi connectivity index (χ0n) is 18.2. The Morgan fingerprint density at radius 3 is 2.57 bits per heavy atom. The lowest BCUT2D eigenvalue weighted by Gasteiger charge is -2.35. The second-order valence-electron chi connectivity index (χ2n) is 7.86. The van der Waals surface area contributed by atoms with Crippen LogP contribution in [0.4, 0.5) is 4.79 Å². The van der Waals surface area contributed by atoms with E-state index in [0.717, 1.165) is 45.0 Å². The average Bonchev–Trinajstić information content (AvgIpc) is 2.72. The zero-order valence-corrected chi connectivity index (χ0v) is 18.2. The molecule has 0 radical (unpaired) electrons. The first-order chi connectivity index (χ1) is 13.7. The SMILES string of the molecule is CCCCN1CCCCC1CN=C(NCC)NC1CCN(C(=O)OCC)CC1. The second kappa shape index (κ2) is 12.9. The fourth-order valence-corrected chi connectivity index (χ4v) is 4.05. The number of guanidine groups is 1. The molecule has 0 spiro atoms. The van der Waals surface area contributed by atoms with E-state index in [1.165, 1.54) is 45.2 Å². The van der Waals surface area contributed by atoms with Crippen LogP contribution >= 0.6 is 0 Å². The Morgan fingerprint density at radius 1 is 1.11 bits per heavy atom. The summed E-state index contributed by atoms with van der Waals surface area (Å²) in [5.74, 6) is 0.915. The van der Waals surface area contributed by atoms with Crippen molar-refractivity contribution in [3.63, 3.8) is 0 Å². The summed E-state index contributed by atoms with van der Waals surface area (Å²) in [6.45, 7) is 12.3. The van der Waals surface area contributed by atoms with Gasteiger partial charge in [0.1, 0.15) is 0 Å². The largest absolute Gasteiger partial charge is 0.450 e. The van der Waals surface area contributed by atoms with Crippen LogP contribution in [0.5, 0.6) is 0 Å². The van der Waals surface area contributed by atoms with Crippen molar-refractivity contribution >= 4 is 12.1 Å². The number of aliphatic imine (C=N–C) groups is 1. The van der Waals surface area contributed by atoms with E-state index < -0.39 is 0 Å². The van der Waals surface area contributed by atoms with Gasteiger partial charge in [0, 0.05) is 31.7 Å². The van der Waals surface area contributed by atoms with Gasteiger partial charge in [0.25, 0.3) is 0 Å². The number of piperidine rings is 2. The van der Waals surface area contributed by atoms with Gasteiger partial charge in [-0.05, 0) is 59.0 Å². The highest BCUT2D eigenvalue weighted by molar-refractivity contribution is 5.80. The fourth-order valence-electron chi connectivity index (χ4n) is 4.05. The van der Waals surface area contributed by atoms with Gasteiger partial charge in [-0.2, -0.15) is 0 Å². The Hall–Kier alpha value is -1.50. The summed E-state index contributed by atoms with van der Waals surface area (Å²) in [7, 11) is 0. The lowest BCUT2D eigenvalue weighted by atomic mass is 10.0. The molecule has 162 valence electrons. The number of likely N-dealkylation sites (tertiary alicyclic amines) is 2. The third-order valence-electron chi connectivity index (χ3n) is 5.71. The first-order valence-electron chi connectivity index (χ1n) is 11.4. The molecule has 0 saturated carbocycles. The summed E-state index contributed by atoms with van der Waals surface area (Å²) in [5, 5.41) is 6.98. The van der Waals surface area contributed by atoms with Crippen molar-refractivity contribution in [1.29, 1.82) is 0 Å². The Kier molecular flexibility index (Phi) is 10.5. The number of ether oxygens (including phenoxy) is 1. The molecule has 2 heterocycles.